The van der Waals surface area contributed by atoms with Crippen molar-refractivity contribution in [2.75, 3.05) is 4.90 Å². The summed E-state index contributed by atoms with van der Waals surface area (Å²) < 4.78 is 0. The van der Waals surface area contributed by atoms with Gasteiger partial charge >= 0.3 is 0 Å². The zero-order valence-electron chi connectivity index (χ0n) is 15.7. The summed E-state index contributed by atoms with van der Waals surface area (Å²) in [6.07, 6.45) is 3.22. The Balaban J connectivity index is 1.59. The largest absolute Gasteiger partial charge is 0.348 e. The molecule has 1 fully saturated rings. The first-order valence-corrected chi connectivity index (χ1v) is 9.51. The van der Waals surface area contributed by atoms with E-state index in [0.29, 0.717) is 30.6 Å². The molecule has 0 bridgehead atoms. The second-order valence-corrected chi connectivity index (χ2v) is 7.40. The molecule has 5 nitrogen and oxygen atoms in total. The smallest absolute Gasteiger partial charge is 0.253 e. The van der Waals surface area contributed by atoms with E-state index >= 15 is 0 Å². The molecule has 4 rings (SSSR count). The first kappa shape index (κ1) is 18.2. The number of hydrogen-bond acceptors (Lipinski definition) is 3. The molecule has 3 amide bonds. The number of allylic oxidation sites excluding steroid dienone is 2. The highest BCUT2D eigenvalue weighted by Crippen LogP contribution is 2.40. The molecule has 142 valence electrons. The van der Waals surface area contributed by atoms with Crippen LogP contribution in [0.25, 0.3) is 0 Å². The summed E-state index contributed by atoms with van der Waals surface area (Å²) in [4.78, 5) is 40.0. The van der Waals surface area contributed by atoms with Gasteiger partial charge in [-0.3, -0.25) is 14.4 Å². The van der Waals surface area contributed by atoms with Crippen LogP contribution in [0.1, 0.15) is 35.7 Å². The van der Waals surface area contributed by atoms with E-state index in [4.69, 9.17) is 0 Å². The number of amides is 3. The minimum Gasteiger partial charge on any atom is -0.348 e. The quantitative estimate of drug-likeness (QED) is 0.658. The Bertz CT molecular complexity index is 965. The van der Waals surface area contributed by atoms with Crippen LogP contribution in [0.3, 0.4) is 0 Å². The zero-order chi connectivity index (χ0) is 19.7. The van der Waals surface area contributed by atoms with Gasteiger partial charge in [0.25, 0.3) is 5.91 Å². The van der Waals surface area contributed by atoms with Crippen molar-refractivity contribution in [1.29, 1.82) is 0 Å². The number of rotatable bonds is 4. The van der Waals surface area contributed by atoms with Crippen LogP contribution in [-0.2, 0) is 16.1 Å². The second kappa shape index (κ2) is 7.43. The maximum absolute atomic E-state index is 13.0. The minimum absolute atomic E-state index is 0.203. The lowest BCUT2D eigenvalue weighted by Crippen LogP contribution is -2.34. The van der Waals surface area contributed by atoms with Gasteiger partial charge in [0.05, 0.1) is 23.1 Å². The molecule has 0 aromatic heterocycles. The van der Waals surface area contributed by atoms with E-state index in [1.807, 2.05) is 43.3 Å². The maximum Gasteiger partial charge on any atom is 0.253 e. The summed E-state index contributed by atoms with van der Waals surface area (Å²) >= 11 is 0. The highest BCUT2D eigenvalue weighted by atomic mass is 16.2. The summed E-state index contributed by atoms with van der Waals surface area (Å²) in [6.45, 7) is 2.37. The van der Waals surface area contributed by atoms with Crippen molar-refractivity contribution in [3.63, 3.8) is 0 Å². The predicted molar refractivity (Wildman–Crippen MR) is 107 cm³/mol. The molecule has 0 radical (unpaired) electrons. The van der Waals surface area contributed by atoms with E-state index in [1.165, 1.54) is 4.90 Å². The third-order valence-electron chi connectivity index (χ3n) is 5.51. The van der Waals surface area contributed by atoms with Crippen LogP contribution in [0, 0.1) is 11.8 Å². The molecule has 2 aliphatic rings. The van der Waals surface area contributed by atoms with Gasteiger partial charge in [-0.05, 0) is 37.5 Å². The van der Waals surface area contributed by atoms with E-state index in [9.17, 15) is 14.4 Å². The lowest BCUT2D eigenvalue weighted by atomic mass is 9.82. The lowest BCUT2D eigenvalue weighted by molar-refractivity contribution is -0.122. The van der Waals surface area contributed by atoms with Gasteiger partial charge in [0.2, 0.25) is 11.8 Å². The van der Waals surface area contributed by atoms with Crippen molar-refractivity contribution in [3.05, 3.63) is 77.4 Å². The Labute approximate surface area is 164 Å². The van der Waals surface area contributed by atoms with Crippen LogP contribution in [0.4, 0.5) is 5.69 Å². The van der Waals surface area contributed by atoms with Gasteiger partial charge < -0.3 is 5.32 Å². The van der Waals surface area contributed by atoms with Crippen LogP contribution >= 0.6 is 0 Å². The first-order chi connectivity index (χ1) is 13.6. The third kappa shape index (κ3) is 3.24. The molecule has 0 unspecified atom stereocenters. The molecule has 28 heavy (non-hydrogen) atoms. The van der Waals surface area contributed by atoms with Crippen molar-refractivity contribution >= 4 is 23.4 Å². The van der Waals surface area contributed by atoms with Gasteiger partial charge in [-0.15, -0.1) is 0 Å². The zero-order valence-corrected chi connectivity index (χ0v) is 15.7. The molecule has 2 aromatic rings. The van der Waals surface area contributed by atoms with Gasteiger partial charge in [0.15, 0.2) is 0 Å². The number of carbonyl (C=O) groups excluding carboxylic acids is 3. The summed E-state index contributed by atoms with van der Waals surface area (Å²) in [7, 11) is 0. The average Bonchev–Trinajstić information content (AvgIpc) is 2.96. The fourth-order valence-electron chi connectivity index (χ4n) is 4.01. The summed E-state index contributed by atoms with van der Waals surface area (Å²) in [5.74, 6) is -1.35. The molecule has 2 atom stereocenters. The standard InChI is InChI=1S/C23H22N2O3/c1-15-11-12-17-19(13-15)23(28)25(22(17)27)20-10-6-5-9-18(20)21(26)24-14-16-7-3-2-4-8-16/h2-11,17,19H,12-14H2,1H3,(H,24,26)/t17-,19+/m0/s1. The van der Waals surface area contributed by atoms with Crippen molar-refractivity contribution in [2.45, 2.75) is 26.3 Å². The van der Waals surface area contributed by atoms with E-state index in [2.05, 4.69) is 5.32 Å². The molecule has 5 heteroatoms. The molecule has 1 saturated heterocycles. The number of anilines is 1. The molecule has 1 aliphatic heterocycles. The molecule has 1 aliphatic carbocycles. The van der Waals surface area contributed by atoms with E-state index in [1.54, 1.807) is 24.3 Å². The summed E-state index contributed by atoms with van der Waals surface area (Å²) in [6, 6.07) is 16.4. The Morgan fingerprint density at radius 2 is 1.68 bits per heavy atom. The number of benzene rings is 2. The van der Waals surface area contributed by atoms with Crippen molar-refractivity contribution in [2.24, 2.45) is 11.8 Å². The molecular formula is C23H22N2O3. The number of fused-ring (bicyclic) bond motifs is 1. The molecule has 1 heterocycles. The van der Waals surface area contributed by atoms with Gasteiger partial charge in [0, 0.05) is 6.54 Å². The highest BCUT2D eigenvalue weighted by molar-refractivity contribution is 6.24. The van der Waals surface area contributed by atoms with Gasteiger partial charge in [-0.2, -0.15) is 0 Å². The van der Waals surface area contributed by atoms with Gasteiger partial charge in [-0.25, -0.2) is 4.90 Å². The Kier molecular flexibility index (Phi) is 4.82. The summed E-state index contributed by atoms with van der Waals surface area (Å²) in [5, 5.41) is 2.88. The fraction of sp³-hybridized carbons (Fsp3) is 0.261. The van der Waals surface area contributed by atoms with Crippen LogP contribution in [0.15, 0.2) is 66.2 Å². The number of imide groups is 1. The number of carbonyl (C=O) groups is 3. The Morgan fingerprint density at radius 1 is 1.00 bits per heavy atom. The average molecular weight is 374 g/mol. The molecule has 0 spiro atoms. The Hall–Kier alpha value is -3.21. The van der Waals surface area contributed by atoms with Crippen molar-refractivity contribution in [1.82, 2.24) is 5.32 Å². The molecular weight excluding hydrogens is 352 g/mol. The van der Waals surface area contributed by atoms with Gasteiger partial charge in [0.1, 0.15) is 0 Å². The number of hydrogen-bond donors (Lipinski definition) is 1. The lowest BCUT2D eigenvalue weighted by Gasteiger charge is -2.19. The van der Waals surface area contributed by atoms with Crippen molar-refractivity contribution < 1.29 is 14.4 Å². The second-order valence-electron chi connectivity index (χ2n) is 7.40. The minimum atomic E-state index is -0.323. The van der Waals surface area contributed by atoms with E-state index in [-0.39, 0.29) is 29.6 Å². The molecule has 0 saturated carbocycles. The monoisotopic (exact) mass is 374 g/mol. The molecule has 2 aromatic carbocycles. The predicted octanol–water partition coefficient (Wildman–Crippen LogP) is 3.46. The van der Waals surface area contributed by atoms with E-state index < -0.39 is 0 Å². The number of nitrogens with zero attached hydrogens (tertiary/aromatic N) is 1. The third-order valence-corrected chi connectivity index (χ3v) is 5.51. The first-order valence-electron chi connectivity index (χ1n) is 9.51. The van der Waals surface area contributed by atoms with E-state index in [0.717, 1.165) is 11.1 Å². The fourth-order valence-corrected chi connectivity index (χ4v) is 4.01. The maximum atomic E-state index is 13.0. The number of para-hydroxylation sites is 1. The molecule has 1 N–H and O–H groups in total. The number of nitrogens with one attached hydrogen (secondary N) is 1. The normalized spacial score (nSPS) is 21.3. The highest BCUT2D eigenvalue weighted by Gasteiger charge is 2.49. The SMILES string of the molecule is CC1=CC[C@@H]2C(=O)N(c3ccccc3C(=O)NCc3ccccc3)C(=O)[C@@H]2C1. The van der Waals surface area contributed by atoms with Crippen LogP contribution in [0.2, 0.25) is 0 Å². The van der Waals surface area contributed by atoms with Crippen LogP contribution in [0.5, 0.6) is 0 Å². The van der Waals surface area contributed by atoms with Gasteiger partial charge in [-0.1, -0.05) is 54.1 Å². The van der Waals surface area contributed by atoms with Crippen LogP contribution in [-0.4, -0.2) is 17.7 Å². The van der Waals surface area contributed by atoms with Crippen LogP contribution < -0.4 is 10.2 Å². The topological polar surface area (TPSA) is 66.5 Å². The summed E-state index contributed by atoms with van der Waals surface area (Å²) in [5.41, 5.74) is 2.82. The van der Waals surface area contributed by atoms with Crippen molar-refractivity contribution in [3.8, 4) is 0 Å². The Morgan fingerprint density at radius 3 is 2.46 bits per heavy atom.